The minimum absolute atomic E-state index is 0.00455. The highest BCUT2D eigenvalue weighted by Crippen LogP contribution is 2.38. The van der Waals surface area contributed by atoms with Crippen molar-refractivity contribution in [1.82, 2.24) is 71.0 Å². The van der Waals surface area contributed by atoms with Gasteiger partial charge in [0.15, 0.2) is 52.4 Å². The van der Waals surface area contributed by atoms with Gasteiger partial charge >= 0.3 is 48.3 Å². The number of ether oxygens (including phenoxy) is 10. The summed E-state index contributed by atoms with van der Waals surface area (Å²) in [7, 11) is 8.26. The molecule has 808 valence electrons. The van der Waals surface area contributed by atoms with Gasteiger partial charge in [-0.1, -0.05) is 119 Å². The van der Waals surface area contributed by atoms with Crippen molar-refractivity contribution in [2.75, 3.05) is 115 Å². The summed E-state index contributed by atoms with van der Waals surface area (Å²) in [6.45, 7) is 28.5. The Labute approximate surface area is 881 Å². The molecule has 4 saturated heterocycles. The lowest BCUT2D eigenvalue weighted by Gasteiger charge is -2.35. The number of methoxy groups -OCH3 is 6. The number of amides is 6. The molecule has 8 heterocycles. The van der Waals surface area contributed by atoms with Gasteiger partial charge in [-0.15, -0.1) is 0 Å². The van der Waals surface area contributed by atoms with Crippen LogP contribution in [0.5, 0.6) is 0 Å². The van der Waals surface area contributed by atoms with Crippen LogP contribution in [0.25, 0.3) is 0 Å². The second-order valence-electron chi connectivity index (χ2n) is 39.8. The highest BCUT2D eigenvalue weighted by atomic mass is 35.5. The van der Waals surface area contributed by atoms with Crippen molar-refractivity contribution in [3.8, 4) is 0 Å². The van der Waals surface area contributed by atoms with Gasteiger partial charge in [0, 0.05) is 173 Å². The zero-order valence-corrected chi connectivity index (χ0v) is 90.5. The van der Waals surface area contributed by atoms with Gasteiger partial charge in [-0.05, 0) is 195 Å². The van der Waals surface area contributed by atoms with E-state index >= 15 is 0 Å². The van der Waals surface area contributed by atoms with E-state index in [0.29, 0.717) is 131 Å². The van der Waals surface area contributed by atoms with E-state index in [9.17, 15) is 67.7 Å². The quantitative estimate of drug-likeness (QED) is 0.0105. The lowest BCUT2D eigenvalue weighted by atomic mass is 10.0. The maximum absolute atomic E-state index is 13.7. The highest BCUT2D eigenvalue weighted by Gasteiger charge is 2.41. The van der Waals surface area contributed by atoms with Gasteiger partial charge in [-0.3, -0.25) is 19.2 Å². The highest BCUT2D eigenvalue weighted by molar-refractivity contribution is 6.32. The molecule has 46 heteroatoms. The van der Waals surface area contributed by atoms with E-state index in [0.717, 1.165) is 87.8 Å². The molecule has 4 fully saturated rings. The van der Waals surface area contributed by atoms with E-state index in [4.69, 9.17) is 98.9 Å². The fourth-order valence-corrected chi connectivity index (χ4v) is 18.0. The van der Waals surface area contributed by atoms with E-state index < -0.39 is 106 Å². The van der Waals surface area contributed by atoms with Crippen molar-refractivity contribution in [1.29, 1.82) is 0 Å². The molecule has 8 aromatic rings. The molecule has 6 atom stereocenters. The molecule has 8 N–H and O–H groups in total. The van der Waals surface area contributed by atoms with Crippen molar-refractivity contribution < 1.29 is 115 Å². The normalized spacial score (nSPS) is 16.3. The Morgan fingerprint density at radius 2 is 0.628 bits per heavy atom. The van der Waals surface area contributed by atoms with Crippen LogP contribution in [0.2, 0.25) is 20.1 Å². The second-order valence-corrected chi connectivity index (χ2v) is 41.4. The van der Waals surface area contributed by atoms with Gasteiger partial charge in [-0.2, -0.15) is 20.4 Å². The molecule has 0 radical (unpaired) electrons. The van der Waals surface area contributed by atoms with Crippen molar-refractivity contribution in [3.63, 3.8) is 0 Å². The molecule has 4 aromatic carbocycles. The number of alkyl carbamates (subject to hydrolysis) is 4. The Hall–Kier alpha value is -12.8. The molecule has 4 aliphatic rings. The van der Waals surface area contributed by atoms with Crippen LogP contribution in [0.15, 0.2) is 97.1 Å². The number of halogens is 4. The summed E-state index contributed by atoms with van der Waals surface area (Å²) in [5.41, 5.74) is 2.98. The number of hydrogen-bond donors (Lipinski definition) is 8. The molecule has 0 spiro atoms. The molecule has 4 aliphatic heterocycles. The molecule has 12 rings (SSSR count). The Kier molecular flexibility index (Phi) is 43.6. The summed E-state index contributed by atoms with van der Waals surface area (Å²) in [6, 6.07) is 25.4. The maximum Gasteiger partial charge on any atom is 0.407 e. The first-order chi connectivity index (χ1) is 69.8. The molecular weight excluding hydrogens is 2000 g/mol. The number of anilines is 4. The van der Waals surface area contributed by atoms with Crippen LogP contribution in [0, 0.1) is 0 Å². The van der Waals surface area contributed by atoms with Crippen LogP contribution in [-0.4, -0.2) is 275 Å². The van der Waals surface area contributed by atoms with Gasteiger partial charge in [0.2, 0.25) is 0 Å². The fraction of sp³-hybridized carbons (Fsp3) is 0.529. The number of hydrogen-bond acceptors (Lipinski definition) is 30. The number of carboxylic acids is 2. The molecule has 0 aliphatic carbocycles. The number of esters is 2. The minimum atomic E-state index is -1.49. The largest absolute Gasteiger partial charge is 0.477 e. The Balaban J connectivity index is 0.000000220. The molecular formula is C102H138Cl4N18O24. The van der Waals surface area contributed by atoms with Crippen LogP contribution < -0.4 is 51.5 Å². The van der Waals surface area contributed by atoms with E-state index in [-0.39, 0.29) is 86.7 Å². The third kappa shape index (κ3) is 34.6. The average molecular weight is 2140 g/mol. The number of nitrogens with one attached hydrogen (secondary N) is 6. The standard InChI is InChI=1S/2C28H38ClN5O7.2C23H31ClN4O5/c1-17(35)22(26(37)40-6)31-24(36)23-20(14-18-10-7-8-12-21(18)29)25(34(32-23)16-39-5)33-13-9-11-19(15-33)30-27(38)41-28(2,3)4;1-17(35)22(26(37)40-6)31-25(36)23-20(14-18-10-7-8-12-21(18)29)24(32-34(23)16-39-5)33-13-9-11-19(15-33)30-27(38)41-28(2,3)4;1-23(2,3)33-22(31)25-16-9-7-11-27(13-16)20-17(12-15-8-5-6-10-18(15)24)19(21(29)30)28(26-20)14-32-4;1-23(2,3)33-22(31)25-16-9-7-11-27(13-16)20-17(12-15-8-5-6-10-18(15)24)19(21(29)30)26-28(20)14-32-4/h2*7-8,10,12,19,22H,9,11,13-16H2,1-6H3,(H,30,38)(H,31,36);2*5-6,8,10,16H,7,9,11-14H2,1-4H3,(H,25,31)(H,29,30)/t2*19-,22?;2*16-/m1111/s1. The summed E-state index contributed by atoms with van der Waals surface area (Å²) in [5, 5.41) is 56.8. The van der Waals surface area contributed by atoms with Gasteiger partial charge in [0.25, 0.3) is 11.8 Å². The van der Waals surface area contributed by atoms with Crippen molar-refractivity contribution in [2.45, 2.75) is 260 Å². The van der Waals surface area contributed by atoms with Crippen LogP contribution in [-0.2, 0) is 119 Å². The predicted octanol–water partition coefficient (Wildman–Crippen LogP) is 14.0. The topological polar surface area (TPSA) is 494 Å². The van der Waals surface area contributed by atoms with Gasteiger partial charge < -0.3 is 109 Å². The molecule has 0 saturated carbocycles. The van der Waals surface area contributed by atoms with Crippen LogP contribution in [0.1, 0.15) is 235 Å². The molecule has 148 heavy (non-hydrogen) atoms. The number of carbonyl (C=O) groups is 12. The zero-order valence-electron chi connectivity index (χ0n) is 87.4. The monoisotopic (exact) mass is 2140 g/mol. The smallest absolute Gasteiger partial charge is 0.407 e. The van der Waals surface area contributed by atoms with Crippen molar-refractivity contribution in [3.05, 3.63) is 184 Å². The van der Waals surface area contributed by atoms with E-state index in [1.807, 2.05) is 117 Å². The first kappa shape index (κ1) is 119. The van der Waals surface area contributed by atoms with E-state index in [2.05, 4.69) is 52.1 Å². The van der Waals surface area contributed by atoms with Crippen molar-refractivity contribution >= 4 is 141 Å². The van der Waals surface area contributed by atoms with Gasteiger partial charge in [-0.25, -0.2) is 57.1 Å². The predicted molar refractivity (Wildman–Crippen MR) is 554 cm³/mol. The molecule has 4 aromatic heterocycles. The van der Waals surface area contributed by atoms with Crippen LogP contribution in [0.3, 0.4) is 0 Å². The Morgan fingerprint density at radius 1 is 0.358 bits per heavy atom. The Morgan fingerprint density at radius 3 is 0.919 bits per heavy atom. The zero-order chi connectivity index (χ0) is 109. The third-order valence-corrected chi connectivity index (χ3v) is 24.7. The number of aromatic carboxylic acids is 2. The number of nitrogens with zero attached hydrogens (tertiary/aromatic N) is 12. The number of Topliss-reactive ketones (excluding diaryl/α,β-unsaturated/α-hetero) is 2. The average Bonchev–Trinajstić information content (AvgIpc) is 1.61. The number of carboxylic acid groups (broad SMARTS) is 2. The summed E-state index contributed by atoms with van der Waals surface area (Å²) in [6.07, 6.45) is 5.29. The summed E-state index contributed by atoms with van der Waals surface area (Å²) in [5.74, 6) is -4.25. The number of aromatic nitrogens is 8. The molecule has 0 bridgehead atoms. The number of carbonyl (C=O) groups excluding carboxylic acids is 10. The summed E-state index contributed by atoms with van der Waals surface area (Å²) in [4.78, 5) is 158. The van der Waals surface area contributed by atoms with Gasteiger partial charge in [0.05, 0.1) is 14.2 Å². The van der Waals surface area contributed by atoms with E-state index in [1.165, 1.54) is 51.7 Å². The van der Waals surface area contributed by atoms with E-state index in [1.54, 1.807) is 87.3 Å². The van der Waals surface area contributed by atoms with Crippen molar-refractivity contribution in [2.24, 2.45) is 0 Å². The number of rotatable bonds is 34. The fourth-order valence-electron chi connectivity index (χ4n) is 17.2. The summed E-state index contributed by atoms with van der Waals surface area (Å²) >= 11 is 25.7. The molecule has 2 unspecified atom stereocenters. The van der Waals surface area contributed by atoms with Crippen LogP contribution in [0.4, 0.5) is 42.4 Å². The lowest BCUT2D eigenvalue weighted by molar-refractivity contribution is -0.147. The molecule has 6 amide bonds. The third-order valence-electron chi connectivity index (χ3n) is 23.2. The lowest BCUT2D eigenvalue weighted by Crippen LogP contribution is -2.49. The number of ketones is 2. The SMILES string of the molecule is COCn1nc(C(=O)NC(C(C)=O)C(=O)OC)c(Cc2ccccc2Cl)c1N1CCC[C@@H](NC(=O)OC(C)(C)C)C1.COCn1nc(C(=O)O)c(Cc2ccccc2Cl)c1N1CCC[C@@H](NC(=O)OC(C)(C)C)C1.COCn1nc(N2CCC[C@@H](NC(=O)OC(C)(C)C)C2)c(Cc2ccccc2Cl)c1C(=O)NC(C(C)=O)C(=O)OC.COCn1nc(N2CCC[C@@H](NC(=O)OC(C)(C)C)C2)c(Cc2ccccc2Cl)c1C(=O)O. The Bertz CT molecular complexity index is 5870. The maximum atomic E-state index is 13.7. The minimum Gasteiger partial charge on any atom is -0.477 e. The first-order valence-corrected chi connectivity index (χ1v) is 49.9. The number of benzene rings is 4. The first-order valence-electron chi connectivity index (χ1n) is 48.4. The number of piperidine rings is 4. The second kappa shape index (κ2) is 54.4. The van der Waals surface area contributed by atoms with Gasteiger partial charge in [0.1, 0.15) is 66.7 Å². The molecule has 42 nitrogen and oxygen atoms in total. The summed E-state index contributed by atoms with van der Waals surface area (Å²) < 4.78 is 58.1. The van der Waals surface area contributed by atoms with Crippen LogP contribution >= 0.6 is 46.4 Å².